The predicted molar refractivity (Wildman–Crippen MR) is 104 cm³/mol. The highest BCUT2D eigenvalue weighted by atomic mass is 35.5. The zero-order valence-electron chi connectivity index (χ0n) is 14.8. The van der Waals surface area contributed by atoms with Crippen LogP contribution in [0.5, 0.6) is 0 Å². The van der Waals surface area contributed by atoms with Crippen molar-refractivity contribution in [3.05, 3.63) is 94.4 Å². The number of rotatable bonds is 3. The molecule has 0 saturated heterocycles. The Hall–Kier alpha value is -2.99. The Bertz CT molecular complexity index is 1190. The lowest BCUT2D eigenvalue weighted by Crippen LogP contribution is -2.09. The number of halogens is 5. The molecule has 29 heavy (non-hydrogen) atoms. The molecule has 4 aromatic rings. The summed E-state index contributed by atoms with van der Waals surface area (Å²) in [5.41, 5.74) is 1.19. The SMILES string of the molecule is Fc1ccc(-c2c(Cc3ccccc3)nnc3c(C(F)(F)F)cccc23)cc1Cl. The molecule has 0 spiro atoms. The van der Waals surface area contributed by atoms with E-state index in [1.54, 1.807) is 6.07 Å². The van der Waals surface area contributed by atoms with Crippen LogP contribution >= 0.6 is 11.6 Å². The standard InChI is InChI=1S/C22H13ClF4N2/c23-17-12-14(9-10-18(17)24)20-15-7-4-8-16(22(25,26)27)21(15)29-28-19(20)11-13-5-2-1-3-6-13/h1-10,12H,11H2. The number of nitrogens with zero attached hydrogens (tertiary/aromatic N) is 2. The third-order valence-electron chi connectivity index (χ3n) is 4.59. The van der Waals surface area contributed by atoms with Gasteiger partial charge in [0.15, 0.2) is 0 Å². The van der Waals surface area contributed by atoms with Crippen molar-refractivity contribution >= 4 is 22.5 Å². The Morgan fingerprint density at radius 2 is 1.62 bits per heavy atom. The van der Waals surface area contributed by atoms with Crippen molar-refractivity contribution < 1.29 is 17.6 Å². The molecular weight excluding hydrogens is 404 g/mol. The van der Waals surface area contributed by atoms with Gasteiger partial charge in [0.1, 0.15) is 11.3 Å². The Labute approximate surface area is 168 Å². The highest BCUT2D eigenvalue weighted by Gasteiger charge is 2.34. The van der Waals surface area contributed by atoms with E-state index in [4.69, 9.17) is 11.6 Å². The lowest BCUT2D eigenvalue weighted by Gasteiger charge is -2.15. The third kappa shape index (κ3) is 3.80. The summed E-state index contributed by atoms with van der Waals surface area (Å²) < 4.78 is 54.1. The number of alkyl halides is 3. The summed E-state index contributed by atoms with van der Waals surface area (Å²) in [6.45, 7) is 0. The van der Waals surface area contributed by atoms with E-state index in [9.17, 15) is 17.6 Å². The number of aromatic nitrogens is 2. The van der Waals surface area contributed by atoms with Gasteiger partial charge in [-0.05, 0) is 29.3 Å². The Morgan fingerprint density at radius 1 is 0.862 bits per heavy atom. The molecule has 0 amide bonds. The van der Waals surface area contributed by atoms with E-state index in [0.717, 1.165) is 11.6 Å². The largest absolute Gasteiger partial charge is 0.418 e. The molecule has 0 aliphatic carbocycles. The number of hydrogen-bond acceptors (Lipinski definition) is 2. The molecule has 0 aliphatic heterocycles. The maximum absolute atomic E-state index is 13.7. The van der Waals surface area contributed by atoms with Gasteiger partial charge < -0.3 is 0 Å². The van der Waals surface area contributed by atoms with Gasteiger partial charge in [-0.2, -0.15) is 18.3 Å². The summed E-state index contributed by atoms with van der Waals surface area (Å²) >= 11 is 5.94. The fourth-order valence-corrected chi connectivity index (χ4v) is 3.46. The normalized spacial score (nSPS) is 11.8. The van der Waals surface area contributed by atoms with Crippen LogP contribution in [0.1, 0.15) is 16.8 Å². The summed E-state index contributed by atoms with van der Waals surface area (Å²) in [7, 11) is 0. The summed E-state index contributed by atoms with van der Waals surface area (Å²) in [4.78, 5) is 0. The maximum atomic E-state index is 13.7. The van der Waals surface area contributed by atoms with Crippen LogP contribution < -0.4 is 0 Å². The van der Waals surface area contributed by atoms with Gasteiger partial charge >= 0.3 is 6.18 Å². The fourth-order valence-electron chi connectivity index (χ4n) is 3.28. The molecule has 1 heterocycles. The second kappa shape index (κ2) is 7.44. The molecule has 7 heteroatoms. The van der Waals surface area contributed by atoms with Crippen LogP contribution in [0.3, 0.4) is 0 Å². The minimum atomic E-state index is -4.58. The van der Waals surface area contributed by atoms with Crippen molar-refractivity contribution in [2.24, 2.45) is 0 Å². The molecule has 2 nitrogen and oxygen atoms in total. The van der Waals surface area contributed by atoms with E-state index in [1.165, 1.54) is 24.3 Å². The van der Waals surface area contributed by atoms with E-state index in [-0.39, 0.29) is 15.9 Å². The van der Waals surface area contributed by atoms with Crippen molar-refractivity contribution in [2.75, 3.05) is 0 Å². The average Bonchev–Trinajstić information content (AvgIpc) is 2.69. The molecule has 1 aromatic heterocycles. The fraction of sp³-hybridized carbons (Fsp3) is 0.0909. The van der Waals surface area contributed by atoms with Gasteiger partial charge in [0.25, 0.3) is 0 Å². The zero-order valence-corrected chi connectivity index (χ0v) is 15.6. The molecule has 0 fully saturated rings. The molecule has 0 unspecified atom stereocenters. The zero-order chi connectivity index (χ0) is 20.6. The van der Waals surface area contributed by atoms with Gasteiger partial charge in [0, 0.05) is 17.4 Å². The molecular formula is C22H13ClF4N2. The lowest BCUT2D eigenvalue weighted by molar-refractivity contribution is -0.136. The number of benzene rings is 3. The van der Waals surface area contributed by atoms with Crippen LogP contribution in [0.4, 0.5) is 17.6 Å². The van der Waals surface area contributed by atoms with Crippen LogP contribution in [0.2, 0.25) is 5.02 Å². The van der Waals surface area contributed by atoms with Crippen LogP contribution in [0.15, 0.2) is 66.7 Å². The maximum Gasteiger partial charge on any atom is 0.418 e. The molecule has 0 bridgehead atoms. The first-order valence-corrected chi connectivity index (χ1v) is 9.07. The van der Waals surface area contributed by atoms with E-state index in [0.29, 0.717) is 23.2 Å². The predicted octanol–water partition coefficient (Wildman–Crippen LogP) is 6.70. The quantitative estimate of drug-likeness (QED) is 0.347. The monoisotopic (exact) mass is 416 g/mol. The molecule has 0 radical (unpaired) electrons. The summed E-state index contributed by atoms with van der Waals surface area (Å²) in [6.07, 6.45) is -4.22. The molecule has 0 aliphatic rings. The van der Waals surface area contributed by atoms with Gasteiger partial charge in [-0.25, -0.2) is 4.39 Å². The van der Waals surface area contributed by atoms with E-state index >= 15 is 0 Å². The smallest absolute Gasteiger partial charge is 0.205 e. The van der Waals surface area contributed by atoms with Gasteiger partial charge in [-0.3, -0.25) is 0 Å². The first-order chi connectivity index (χ1) is 13.8. The van der Waals surface area contributed by atoms with Crippen LogP contribution in [-0.2, 0) is 12.6 Å². The number of hydrogen-bond donors (Lipinski definition) is 0. The van der Waals surface area contributed by atoms with E-state index < -0.39 is 17.6 Å². The highest BCUT2D eigenvalue weighted by molar-refractivity contribution is 6.31. The first kappa shape index (κ1) is 19.3. The second-order valence-electron chi connectivity index (χ2n) is 6.51. The van der Waals surface area contributed by atoms with Crippen molar-refractivity contribution in [1.82, 2.24) is 10.2 Å². The van der Waals surface area contributed by atoms with Crippen molar-refractivity contribution in [1.29, 1.82) is 0 Å². The molecule has 4 rings (SSSR count). The van der Waals surface area contributed by atoms with Gasteiger partial charge in [0.2, 0.25) is 0 Å². The minimum absolute atomic E-state index is 0.120. The van der Waals surface area contributed by atoms with Crippen molar-refractivity contribution in [2.45, 2.75) is 12.6 Å². The Kier molecular flexibility index (Phi) is 4.96. The summed E-state index contributed by atoms with van der Waals surface area (Å²) in [6, 6.07) is 17.3. The molecule has 146 valence electrons. The van der Waals surface area contributed by atoms with E-state index in [1.807, 2.05) is 30.3 Å². The van der Waals surface area contributed by atoms with Gasteiger partial charge in [-0.15, -0.1) is 5.10 Å². The first-order valence-electron chi connectivity index (χ1n) is 8.69. The highest BCUT2D eigenvalue weighted by Crippen LogP contribution is 2.38. The minimum Gasteiger partial charge on any atom is -0.205 e. The van der Waals surface area contributed by atoms with Crippen LogP contribution in [0, 0.1) is 5.82 Å². The average molecular weight is 417 g/mol. The van der Waals surface area contributed by atoms with Crippen LogP contribution in [0.25, 0.3) is 22.0 Å². The lowest BCUT2D eigenvalue weighted by atomic mass is 9.94. The number of fused-ring (bicyclic) bond motifs is 1. The van der Waals surface area contributed by atoms with Gasteiger partial charge in [-0.1, -0.05) is 60.1 Å². The summed E-state index contributed by atoms with van der Waals surface area (Å²) in [5, 5.41) is 8.17. The Balaban J connectivity index is 2.01. The Morgan fingerprint density at radius 3 is 2.31 bits per heavy atom. The van der Waals surface area contributed by atoms with Crippen LogP contribution in [-0.4, -0.2) is 10.2 Å². The topological polar surface area (TPSA) is 25.8 Å². The van der Waals surface area contributed by atoms with Gasteiger partial charge in [0.05, 0.1) is 16.3 Å². The molecule has 3 aromatic carbocycles. The molecule has 0 saturated carbocycles. The van der Waals surface area contributed by atoms with Crippen molar-refractivity contribution in [3.8, 4) is 11.1 Å². The molecule has 0 atom stereocenters. The summed E-state index contributed by atoms with van der Waals surface area (Å²) in [5.74, 6) is -0.609. The van der Waals surface area contributed by atoms with E-state index in [2.05, 4.69) is 10.2 Å². The third-order valence-corrected chi connectivity index (χ3v) is 4.88. The second-order valence-corrected chi connectivity index (χ2v) is 6.92. The van der Waals surface area contributed by atoms with Crippen molar-refractivity contribution in [3.63, 3.8) is 0 Å². The molecule has 0 N–H and O–H groups in total.